The number of aromatic nitrogens is 2. The molecule has 164 valence electrons. The maximum atomic E-state index is 13.0. The quantitative estimate of drug-likeness (QED) is 0.369. The van der Waals surface area contributed by atoms with Gasteiger partial charge in [-0.3, -0.25) is 9.36 Å². The van der Waals surface area contributed by atoms with Crippen molar-refractivity contribution in [3.8, 4) is 0 Å². The number of benzene rings is 1. The summed E-state index contributed by atoms with van der Waals surface area (Å²) in [6, 6.07) is 6.90. The zero-order valence-corrected chi connectivity index (χ0v) is 18.5. The van der Waals surface area contributed by atoms with E-state index in [1.165, 1.54) is 18.0 Å². The maximum absolute atomic E-state index is 13.0. The van der Waals surface area contributed by atoms with E-state index in [4.69, 9.17) is 14.2 Å². The van der Waals surface area contributed by atoms with Crippen LogP contribution >= 0.6 is 11.3 Å². The topological polar surface area (TPSA) is 96.7 Å². The van der Waals surface area contributed by atoms with Crippen molar-refractivity contribution in [3.63, 3.8) is 0 Å². The number of thiophene rings is 1. The highest BCUT2D eigenvalue weighted by Crippen LogP contribution is 2.27. The Morgan fingerprint density at radius 3 is 2.45 bits per heavy atom. The summed E-state index contributed by atoms with van der Waals surface area (Å²) in [5.74, 6) is -0.860. The molecule has 2 aromatic heterocycles. The Morgan fingerprint density at radius 1 is 1.06 bits per heavy atom. The van der Waals surface area contributed by atoms with Crippen LogP contribution in [0.25, 0.3) is 10.2 Å². The number of carbonyl (C=O) groups is 2. The van der Waals surface area contributed by atoms with Gasteiger partial charge in [0.25, 0.3) is 5.56 Å². The van der Waals surface area contributed by atoms with E-state index < -0.39 is 5.97 Å². The van der Waals surface area contributed by atoms with Crippen molar-refractivity contribution in [1.29, 1.82) is 0 Å². The number of nitrogens with zero attached hydrogens (tertiary/aromatic N) is 2. The number of ether oxygens (including phenoxy) is 3. The number of hydrogen-bond donors (Lipinski definition) is 0. The predicted octanol–water partition coefficient (Wildman–Crippen LogP) is 3.18. The van der Waals surface area contributed by atoms with E-state index in [-0.39, 0.29) is 24.7 Å². The Bertz CT molecular complexity index is 1130. The van der Waals surface area contributed by atoms with Crippen LogP contribution in [-0.4, -0.2) is 48.4 Å². The number of rotatable bonds is 9. The molecular weight excluding hydrogens is 420 g/mol. The smallest absolute Gasteiger partial charge is 0.348 e. The lowest BCUT2D eigenvalue weighted by Gasteiger charge is -2.07. The van der Waals surface area contributed by atoms with Crippen molar-refractivity contribution in [3.05, 3.63) is 62.5 Å². The molecule has 0 bridgehead atoms. The molecule has 3 rings (SSSR count). The lowest BCUT2D eigenvalue weighted by atomic mass is 10.1. The average molecular weight is 445 g/mol. The SMILES string of the molecule is CCCOC(=O)c1ccc(Cn2cnc3sc(C(=O)OCCOC)c(C)c3c2=O)cc1. The van der Waals surface area contributed by atoms with Gasteiger partial charge in [0.2, 0.25) is 0 Å². The molecular formula is C22H24N2O6S. The second-order valence-corrected chi connectivity index (χ2v) is 7.87. The second kappa shape index (κ2) is 10.3. The summed E-state index contributed by atoms with van der Waals surface area (Å²) >= 11 is 1.14. The molecule has 0 atom stereocenters. The average Bonchev–Trinajstić information content (AvgIpc) is 3.11. The van der Waals surface area contributed by atoms with E-state index in [0.717, 1.165) is 23.3 Å². The van der Waals surface area contributed by atoms with Gasteiger partial charge >= 0.3 is 11.9 Å². The number of hydrogen-bond acceptors (Lipinski definition) is 8. The Morgan fingerprint density at radius 2 is 1.77 bits per heavy atom. The molecule has 31 heavy (non-hydrogen) atoms. The standard InChI is InChI=1S/C22H24N2O6S/c1-4-9-29-21(26)16-7-5-15(6-8-16)12-24-13-23-19-17(20(24)25)14(2)18(31-19)22(27)30-11-10-28-3/h5-8,13H,4,9-12H2,1-3H3. The second-order valence-electron chi connectivity index (χ2n) is 6.88. The molecule has 0 unspecified atom stereocenters. The molecule has 0 fully saturated rings. The van der Waals surface area contributed by atoms with Gasteiger partial charge in [0.05, 0.1) is 37.0 Å². The molecule has 0 saturated heterocycles. The summed E-state index contributed by atoms with van der Waals surface area (Å²) in [6.45, 7) is 4.76. The highest BCUT2D eigenvalue weighted by Gasteiger charge is 2.20. The summed E-state index contributed by atoms with van der Waals surface area (Å²) in [5, 5.41) is 0.408. The lowest BCUT2D eigenvalue weighted by molar-refractivity contribution is 0.0392. The van der Waals surface area contributed by atoms with Crippen LogP contribution in [0, 0.1) is 6.92 Å². The van der Waals surface area contributed by atoms with Crippen molar-refractivity contribution >= 4 is 33.5 Å². The van der Waals surface area contributed by atoms with Crippen LogP contribution in [0.3, 0.4) is 0 Å². The van der Waals surface area contributed by atoms with Gasteiger partial charge in [0.15, 0.2) is 0 Å². The Labute approximate surface area is 183 Å². The molecule has 0 aliphatic heterocycles. The normalized spacial score (nSPS) is 10.9. The zero-order valence-electron chi connectivity index (χ0n) is 17.7. The molecule has 3 aromatic rings. The largest absolute Gasteiger partial charge is 0.462 e. The van der Waals surface area contributed by atoms with Crippen molar-refractivity contribution < 1.29 is 23.8 Å². The van der Waals surface area contributed by atoms with E-state index in [9.17, 15) is 14.4 Å². The molecule has 9 heteroatoms. The fourth-order valence-electron chi connectivity index (χ4n) is 2.97. The molecule has 1 aromatic carbocycles. The van der Waals surface area contributed by atoms with Gasteiger partial charge in [-0.1, -0.05) is 19.1 Å². The zero-order chi connectivity index (χ0) is 22.4. The molecule has 8 nitrogen and oxygen atoms in total. The number of esters is 2. The minimum absolute atomic E-state index is 0.142. The minimum atomic E-state index is -0.492. The van der Waals surface area contributed by atoms with E-state index >= 15 is 0 Å². The number of carbonyl (C=O) groups excluding carboxylic acids is 2. The molecule has 0 saturated carbocycles. The van der Waals surface area contributed by atoms with Crippen LogP contribution in [-0.2, 0) is 20.8 Å². The van der Waals surface area contributed by atoms with Crippen LogP contribution in [0.4, 0.5) is 0 Å². The Hall–Kier alpha value is -3.04. The van der Waals surface area contributed by atoms with Crippen LogP contribution in [0.2, 0.25) is 0 Å². The van der Waals surface area contributed by atoms with Gasteiger partial charge in [-0.2, -0.15) is 0 Å². The minimum Gasteiger partial charge on any atom is -0.462 e. The number of methoxy groups -OCH3 is 1. The van der Waals surface area contributed by atoms with E-state index in [2.05, 4.69) is 4.98 Å². The van der Waals surface area contributed by atoms with E-state index in [1.807, 2.05) is 6.92 Å². The van der Waals surface area contributed by atoms with E-state index in [1.54, 1.807) is 31.2 Å². The summed E-state index contributed by atoms with van der Waals surface area (Å²) in [6.07, 6.45) is 2.22. The van der Waals surface area contributed by atoms with Crippen molar-refractivity contribution in [2.24, 2.45) is 0 Å². The molecule has 0 spiro atoms. The third-order valence-corrected chi connectivity index (χ3v) is 5.78. The van der Waals surface area contributed by atoms with Gasteiger partial charge in [-0.25, -0.2) is 14.6 Å². The fraction of sp³-hybridized carbons (Fsp3) is 0.364. The molecule has 0 N–H and O–H groups in total. The first-order valence-electron chi connectivity index (χ1n) is 9.87. The first-order valence-corrected chi connectivity index (χ1v) is 10.7. The van der Waals surface area contributed by atoms with Crippen LogP contribution in [0.5, 0.6) is 0 Å². The lowest BCUT2D eigenvalue weighted by Crippen LogP contribution is -2.21. The molecule has 2 heterocycles. The highest BCUT2D eigenvalue weighted by atomic mass is 32.1. The Balaban J connectivity index is 1.81. The maximum Gasteiger partial charge on any atom is 0.348 e. The van der Waals surface area contributed by atoms with Gasteiger partial charge in [-0.05, 0) is 36.6 Å². The molecule has 0 amide bonds. The van der Waals surface area contributed by atoms with Gasteiger partial charge in [0.1, 0.15) is 16.3 Å². The first kappa shape index (κ1) is 22.6. The van der Waals surface area contributed by atoms with Crippen LogP contribution in [0.1, 0.15) is 44.5 Å². The van der Waals surface area contributed by atoms with Crippen LogP contribution in [0.15, 0.2) is 35.4 Å². The third-order valence-electron chi connectivity index (χ3n) is 4.60. The van der Waals surface area contributed by atoms with Gasteiger partial charge in [-0.15, -0.1) is 11.3 Å². The Kier molecular flexibility index (Phi) is 7.54. The predicted molar refractivity (Wildman–Crippen MR) is 117 cm³/mol. The highest BCUT2D eigenvalue weighted by molar-refractivity contribution is 7.20. The van der Waals surface area contributed by atoms with E-state index in [0.29, 0.717) is 39.4 Å². The molecule has 0 aliphatic rings. The van der Waals surface area contributed by atoms with Crippen molar-refractivity contribution in [1.82, 2.24) is 9.55 Å². The summed E-state index contributed by atoms with van der Waals surface area (Å²) in [5.41, 5.74) is 1.62. The monoisotopic (exact) mass is 444 g/mol. The molecule has 0 radical (unpaired) electrons. The third kappa shape index (κ3) is 5.18. The number of aryl methyl sites for hydroxylation is 1. The summed E-state index contributed by atoms with van der Waals surface area (Å²) in [4.78, 5) is 42.5. The molecule has 0 aliphatic carbocycles. The fourth-order valence-corrected chi connectivity index (χ4v) is 4.00. The van der Waals surface area contributed by atoms with Crippen LogP contribution < -0.4 is 5.56 Å². The first-order chi connectivity index (χ1) is 15.0. The van der Waals surface area contributed by atoms with Gasteiger partial charge < -0.3 is 14.2 Å². The van der Waals surface area contributed by atoms with Crippen molar-refractivity contribution in [2.45, 2.75) is 26.8 Å². The summed E-state index contributed by atoms with van der Waals surface area (Å²) in [7, 11) is 1.52. The summed E-state index contributed by atoms with van der Waals surface area (Å²) < 4.78 is 16.7. The number of fused-ring (bicyclic) bond motifs is 1. The van der Waals surface area contributed by atoms with Crippen molar-refractivity contribution in [2.75, 3.05) is 26.9 Å². The van der Waals surface area contributed by atoms with Gasteiger partial charge in [0, 0.05) is 7.11 Å².